The number of pyridine rings is 1. The fourth-order valence-corrected chi connectivity index (χ4v) is 1.39. The summed E-state index contributed by atoms with van der Waals surface area (Å²) in [6, 6.07) is 7.07. The molecular formula is C11H8N2O2. The van der Waals surface area contributed by atoms with Crippen LogP contribution in [0.1, 0.15) is 0 Å². The van der Waals surface area contributed by atoms with E-state index in [0.29, 0.717) is 5.69 Å². The van der Waals surface area contributed by atoms with Crippen molar-refractivity contribution in [2.75, 3.05) is 7.11 Å². The van der Waals surface area contributed by atoms with Gasteiger partial charge in [0, 0.05) is 17.6 Å². The Morgan fingerprint density at radius 3 is 3.00 bits per heavy atom. The van der Waals surface area contributed by atoms with Crippen LogP contribution in [-0.4, -0.2) is 18.2 Å². The van der Waals surface area contributed by atoms with Crippen LogP contribution in [-0.2, 0) is 4.79 Å². The fraction of sp³-hybridized carbons (Fsp3) is 0.0909. The zero-order valence-electron chi connectivity index (χ0n) is 8.10. The lowest BCUT2D eigenvalue weighted by Crippen LogP contribution is -1.84. The van der Waals surface area contributed by atoms with Gasteiger partial charge in [0.25, 0.3) is 0 Å². The van der Waals surface area contributed by atoms with Crippen LogP contribution in [0.5, 0.6) is 5.75 Å². The number of fused-ring (bicyclic) bond motifs is 1. The second-order valence-corrected chi connectivity index (χ2v) is 2.92. The molecule has 4 nitrogen and oxygen atoms in total. The van der Waals surface area contributed by atoms with Crippen LogP contribution in [0.15, 0.2) is 35.5 Å². The molecule has 0 N–H and O–H groups in total. The molecule has 0 saturated heterocycles. The highest BCUT2D eigenvalue weighted by molar-refractivity contribution is 5.91. The van der Waals surface area contributed by atoms with Crippen molar-refractivity contribution in [2.45, 2.75) is 0 Å². The average Bonchev–Trinajstić information content (AvgIpc) is 2.29. The lowest BCUT2D eigenvalue weighted by atomic mass is 10.2. The Labute approximate surface area is 86.2 Å². The third-order valence-corrected chi connectivity index (χ3v) is 2.09. The summed E-state index contributed by atoms with van der Waals surface area (Å²) in [6.45, 7) is 0. The number of isocyanates is 1. The van der Waals surface area contributed by atoms with Gasteiger partial charge in [0.1, 0.15) is 5.75 Å². The zero-order chi connectivity index (χ0) is 10.7. The molecular weight excluding hydrogens is 192 g/mol. The standard InChI is InChI=1S/C11H8N2O2/c1-15-8-2-3-9-10(13-7-14)4-5-12-11(9)6-8/h2-6H,1H3. The van der Waals surface area contributed by atoms with Crippen molar-refractivity contribution >= 4 is 22.7 Å². The summed E-state index contributed by atoms with van der Waals surface area (Å²) in [5.74, 6) is 0.724. The van der Waals surface area contributed by atoms with Crippen molar-refractivity contribution in [1.29, 1.82) is 0 Å². The second-order valence-electron chi connectivity index (χ2n) is 2.92. The molecule has 0 atom stereocenters. The number of nitrogens with zero attached hydrogens (tertiary/aromatic N) is 2. The van der Waals surface area contributed by atoms with Gasteiger partial charge in [0.15, 0.2) is 0 Å². The van der Waals surface area contributed by atoms with Crippen LogP contribution in [0.2, 0.25) is 0 Å². The SMILES string of the molecule is COc1ccc2c(N=C=O)ccnc2c1. The fourth-order valence-electron chi connectivity index (χ4n) is 1.39. The Morgan fingerprint density at radius 2 is 2.27 bits per heavy atom. The van der Waals surface area contributed by atoms with E-state index in [1.54, 1.807) is 31.5 Å². The molecule has 0 fully saturated rings. The summed E-state index contributed by atoms with van der Waals surface area (Å²) in [4.78, 5) is 18.0. The van der Waals surface area contributed by atoms with Crippen LogP contribution >= 0.6 is 0 Å². The third kappa shape index (κ3) is 1.71. The molecule has 1 aromatic carbocycles. The number of methoxy groups -OCH3 is 1. The largest absolute Gasteiger partial charge is 0.497 e. The molecule has 1 aromatic heterocycles. The average molecular weight is 200 g/mol. The van der Waals surface area contributed by atoms with Crippen molar-refractivity contribution in [3.8, 4) is 5.75 Å². The highest BCUT2D eigenvalue weighted by Gasteiger charge is 2.01. The third-order valence-electron chi connectivity index (χ3n) is 2.09. The lowest BCUT2D eigenvalue weighted by Gasteiger charge is -2.02. The first-order chi connectivity index (χ1) is 7.35. The minimum atomic E-state index is 0.567. The zero-order valence-corrected chi connectivity index (χ0v) is 8.10. The van der Waals surface area contributed by atoms with Gasteiger partial charge in [-0.3, -0.25) is 4.98 Å². The minimum Gasteiger partial charge on any atom is -0.497 e. The highest BCUT2D eigenvalue weighted by Crippen LogP contribution is 2.26. The number of hydrogen-bond acceptors (Lipinski definition) is 4. The highest BCUT2D eigenvalue weighted by atomic mass is 16.5. The molecule has 0 aliphatic heterocycles. The molecule has 0 saturated carbocycles. The van der Waals surface area contributed by atoms with Crippen LogP contribution in [0.3, 0.4) is 0 Å². The summed E-state index contributed by atoms with van der Waals surface area (Å²) >= 11 is 0. The summed E-state index contributed by atoms with van der Waals surface area (Å²) in [7, 11) is 1.59. The Balaban J connectivity index is 2.71. The molecule has 4 heteroatoms. The molecule has 0 aliphatic rings. The van der Waals surface area contributed by atoms with E-state index >= 15 is 0 Å². The number of aliphatic imine (C=N–C) groups is 1. The van der Waals surface area contributed by atoms with E-state index in [1.807, 2.05) is 6.07 Å². The van der Waals surface area contributed by atoms with Crippen LogP contribution in [0, 0.1) is 0 Å². The van der Waals surface area contributed by atoms with Crippen molar-refractivity contribution in [3.63, 3.8) is 0 Å². The number of hydrogen-bond donors (Lipinski definition) is 0. The predicted octanol–water partition coefficient (Wildman–Crippen LogP) is 2.21. The maximum Gasteiger partial charge on any atom is 0.240 e. The summed E-state index contributed by atoms with van der Waals surface area (Å²) in [6.07, 6.45) is 3.12. The first-order valence-corrected chi connectivity index (χ1v) is 4.36. The van der Waals surface area contributed by atoms with Crippen molar-refractivity contribution in [3.05, 3.63) is 30.5 Å². The molecule has 1 heterocycles. The molecule has 0 aliphatic carbocycles. The van der Waals surface area contributed by atoms with E-state index in [2.05, 4.69) is 9.98 Å². The number of rotatable bonds is 2. The van der Waals surface area contributed by atoms with Gasteiger partial charge in [0.2, 0.25) is 6.08 Å². The Morgan fingerprint density at radius 1 is 1.40 bits per heavy atom. The van der Waals surface area contributed by atoms with E-state index in [1.165, 1.54) is 6.08 Å². The van der Waals surface area contributed by atoms with Gasteiger partial charge in [-0.2, -0.15) is 4.99 Å². The van der Waals surface area contributed by atoms with Gasteiger partial charge < -0.3 is 4.74 Å². The molecule has 0 radical (unpaired) electrons. The molecule has 0 unspecified atom stereocenters. The van der Waals surface area contributed by atoms with E-state index in [9.17, 15) is 4.79 Å². The maximum absolute atomic E-state index is 10.2. The van der Waals surface area contributed by atoms with Gasteiger partial charge in [-0.1, -0.05) is 0 Å². The number of aromatic nitrogens is 1. The molecule has 2 rings (SSSR count). The van der Waals surface area contributed by atoms with Gasteiger partial charge in [-0.05, 0) is 18.2 Å². The molecule has 0 bridgehead atoms. The van der Waals surface area contributed by atoms with Gasteiger partial charge in [-0.25, -0.2) is 4.79 Å². The number of ether oxygens (including phenoxy) is 1. The van der Waals surface area contributed by atoms with Gasteiger partial charge in [-0.15, -0.1) is 0 Å². The summed E-state index contributed by atoms with van der Waals surface area (Å²) in [5, 5.41) is 0.807. The monoisotopic (exact) mass is 200 g/mol. The Hall–Kier alpha value is -2.19. The van der Waals surface area contributed by atoms with Gasteiger partial charge >= 0.3 is 0 Å². The molecule has 0 amide bonds. The number of carbonyl (C=O) groups excluding carboxylic acids is 1. The van der Waals surface area contributed by atoms with Crippen LogP contribution in [0.4, 0.5) is 5.69 Å². The smallest absolute Gasteiger partial charge is 0.240 e. The van der Waals surface area contributed by atoms with Crippen LogP contribution < -0.4 is 4.74 Å². The maximum atomic E-state index is 10.2. The van der Waals surface area contributed by atoms with Crippen molar-refractivity contribution in [1.82, 2.24) is 4.98 Å². The predicted molar refractivity (Wildman–Crippen MR) is 56.1 cm³/mol. The van der Waals surface area contributed by atoms with Gasteiger partial charge in [0.05, 0.1) is 18.3 Å². The summed E-state index contributed by atoms with van der Waals surface area (Å²) < 4.78 is 5.07. The van der Waals surface area contributed by atoms with E-state index < -0.39 is 0 Å². The molecule has 74 valence electrons. The molecule has 2 aromatic rings. The van der Waals surface area contributed by atoms with Crippen LogP contribution in [0.25, 0.3) is 10.9 Å². The Kier molecular flexibility index (Phi) is 2.44. The quantitative estimate of drug-likeness (QED) is 0.551. The molecule has 15 heavy (non-hydrogen) atoms. The number of benzene rings is 1. The van der Waals surface area contributed by atoms with Crippen molar-refractivity contribution < 1.29 is 9.53 Å². The molecule has 0 spiro atoms. The second kappa shape index (κ2) is 3.90. The van der Waals surface area contributed by atoms with Crippen molar-refractivity contribution in [2.24, 2.45) is 4.99 Å². The topological polar surface area (TPSA) is 51.5 Å². The summed E-state index contributed by atoms with van der Waals surface area (Å²) in [5.41, 5.74) is 1.31. The van der Waals surface area contributed by atoms with E-state index in [-0.39, 0.29) is 0 Å². The normalized spacial score (nSPS) is 9.67. The lowest BCUT2D eigenvalue weighted by molar-refractivity contribution is 0.415. The first kappa shape index (κ1) is 9.37. The minimum absolute atomic E-state index is 0.567. The Bertz CT molecular complexity index is 545. The first-order valence-electron chi connectivity index (χ1n) is 4.36. The van der Waals surface area contributed by atoms with E-state index in [4.69, 9.17) is 4.74 Å². The van der Waals surface area contributed by atoms with E-state index in [0.717, 1.165) is 16.7 Å².